The molecule has 3 N–H and O–H groups in total. The molecular weight excluding hydrogens is 363 g/mol. The molecule has 1 unspecified atom stereocenters. The first-order valence-corrected chi connectivity index (χ1v) is 9.50. The second kappa shape index (κ2) is 9.48. The lowest BCUT2D eigenvalue weighted by atomic mass is 10.2. The molecule has 1 aliphatic rings. The van der Waals surface area contributed by atoms with Crippen LogP contribution in [0.25, 0.3) is 0 Å². The third-order valence-electron chi connectivity index (χ3n) is 4.87. The Morgan fingerprint density at radius 3 is 2.57 bits per heavy atom. The van der Waals surface area contributed by atoms with Crippen molar-refractivity contribution in [3.63, 3.8) is 0 Å². The topological polar surface area (TPSA) is 71.4 Å². The molecule has 0 aliphatic carbocycles. The minimum atomic E-state index is -0.332. The summed E-state index contributed by atoms with van der Waals surface area (Å²) in [5, 5.41) is 2.78. The average molecular weight is 390 g/mol. The number of nitrogens with zero attached hydrogens (tertiary/aromatic N) is 1. The van der Waals surface area contributed by atoms with Crippen LogP contribution in [-0.4, -0.2) is 63.0 Å². The van der Waals surface area contributed by atoms with Crippen LogP contribution in [0.3, 0.4) is 0 Å². The van der Waals surface area contributed by atoms with Crippen LogP contribution in [0.15, 0.2) is 47.1 Å². The predicted molar refractivity (Wildman–Crippen MR) is 101 cm³/mol. The van der Waals surface area contributed by atoms with Crippen LogP contribution in [0, 0.1) is 5.82 Å². The number of hydrogen-bond acceptors (Lipinski definition) is 3. The van der Waals surface area contributed by atoms with Crippen molar-refractivity contribution in [2.75, 3.05) is 51.6 Å². The molecule has 1 aromatic heterocycles. The first kappa shape index (κ1) is 20.0. The van der Waals surface area contributed by atoms with Crippen molar-refractivity contribution in [3.05, 3.63) is 54.2 Å². The van der Waals surface area contributed by atoms with Gasteiger partial charge in [0.15, 0.2) is 18.8 Å². The molecule has 2 amide bonds. The van der Waals surface area contributed by atoms with Gasteiger partial charge in [-0.05, 0) is 36.4 Å². The molecule has 2 aromatic rings. The van der Waals surface area contributed by atoms with E-state index in [9.17, 15) is 14.0 Å². The molecule has 2 heterocycles. The van der Waals surface area contributed by atoms with Gasteiger partial charge in [-0.3, -0.25) is 9.59 Å². The molecule has 1 fully saturated rings. The molecule has 3 rings (SSSR count). The molecular formula is C20H27FN4O3+2. The van der Waals surface area contributed by atoms with Gasteiger partial charge in [0.05, 0.1) is 39.5 Å². The first-order chi connectivity index (χ1) is 13.5. The van der Waals surface area contributed by atoms with Crippen LogP contribution in [0.2, 0.25) is 0 Å². The minimum absolute atomic E-state index is 0.107. The number of hydrogen-bond donors (Lipinski definition) is 3. The SMILES string of the molecule is C[NH+](CC(=O)N1CC[NH+](CC(=O)Nc2ccc(F)cc2)CC1)Cc1ccco1. The van der Waals surface area contributed by atoms with Crippen molar-refractivity contribution in [3.8, 4) is 0 Å². The number of amides is 2. The number of carbonyl (C=O) groups is 2. The Bertz CT molecular complexity index is 771. The fourth-order valence-electron chi connectivity index (χ4n) is 3.36. The van der Waals surface area contributed by atoms with E-state index >= 15 is 0 Å². The molecule has 1 aromatic carbocycles. The lowest BCUT2D eigenvalue weighted by Gasteiger charge is -2.32. The molecule has 1 aliphatic heterocycles. The van der Waals surface area contributed by atoms with Crippen LogP contribution in [-0.2, 0) is 16.1 Å². The zero-order valence-corrected chi connectivity index (χ0v) is 16.0. The Labute approximate surface area is 163 Å². The maximum Gasteiger partial charge on any atom is 0.279 e. The fourth-order valence-corrected chi connectivity index (χ4v) is 3.36. The van der Waals surface area contributed by atoms with E-state index in [1.54, 1.807) is 18.4 Å². The smallest absolute Gasteiger partial charge is 0.279 e. The normalized spacial score (nSPS) is 16.0. The predicted octanol–water partition coefficient (Wildman–Crippen LogP) is -1.20. The second-order valence-corrected chi connectivity index (χ2v) is 7.25. The molecule has 0 bridgehead atoms. The molecule has 0 radical (unpaired) electrons. The summed E-state index contributed by atoms with van der Waals surface area (Å²) in [6.07, 6.45) is 1.64. The van der Waals surface area contributed by atoms with Crippen LogP contribution < -0.4 is 15.1 Å². The summed E-state index contributed by atoms with van der Waals surface area (Å²) in [6, 6.07) is 9.47. The van der Waals surface area contributed by atoms with E-state index in [1.165, 1.54) is 12.1 Å². The number of anilines is 1. The van der Waals surface area contributed by atoms with Gasteiger partial charge in [-0.25, -0.2) is 4.39 Å². The third-order valence-corrected chi connectivity index (χ3v) is 4.87. The Kier molecular flexibility index (Phi) is 6.78. The maximum atomic E-state index is 12.9. The van der Waals surface area contributed by atoms with Crippen molar-refractivity contribution >= 4 is 17.5 Å². The van der Waals surface area contributed by atoms with Gasteiger partial charge in [0, 0.05) is 5.69 Å². The highest BCUT2D eigenvalue weighted by Crippen LogP contribution is 2.07. The number of likely N-dealkylation sites (N-methyl/N-ethyl adjacent to an activating group) is 1. The monoisotopic (exact) mass is 390 g/mol. The van der Waals surface area contributed by atoms with E-state index in [1.807, 2.05) is 24.1 Å². The summed E-state index contributed by atoms with van der Waals surface area (Å²) in [5.74, 6) is 0.552. The van der Waals surface area contributed by atoms with Crippen LogP contribution in [0.5, 0.6) is 0 Å². The quantitative estimate of drug-likeness (QED) is 0.556. The largest absolute Gasteiger partial charge is 0.463 e. The molecule has 7 nitrogen and oxygen atoms in total. The van der Waals surface area contributed by atoms with E-state index in [0.717, 1.165) is 28.6 Å². The Balaban J connectivity index is 1.38. The number of benzene rings is 1. The number of piperazine rings is 1. The van der Waals surface area contributed by atoms with Gasteiger partial charge in [0.2, 0.25) is 0 Å². The summed E-state index contributed by atoms with van der Waals surface area (Å²) >= 11 is 0. The summed E-state index contributed by atoms with van der Waals surface area (Å²) in [7, 11) is 1.97. The summed E-state index contributed by atoms with van der Waals surface area (Å²) in [6.45, 7) is 4.19. The Morgan fingerprint density at radius 1 is 1.21 bits per heavy atom. The maximum absolute atomic E-state index is 12.9. The van der Waals surface area contributed by atoms with E-state index in [-0.39, 0.29) is 17.6 Å². The Hall–Kier alpha value is -2.71. The highest BCUT2D eigenvalue weighted by Gasteiger charge is 2.27. The highest BCUT2D eigenvalue weighted by molar-refractivity contribution is 5.91. The number of carbonyl (C=O) groups excluding carboxylic acids is 2. The average Bonchev–Trinajstić information content (AvgIpc) is 3.17. The van der Waals surface area contributed by atoms with Gasteiger partial charge in [0.1, 0.15) is 12.4 Å². The van der Waals surface area contributed by atoms with E-state index in [4.69, 9.17) is 4.42 Å². The molecule has 28 heavy (non-hydrogen) atoms. The Morgan fingerprint density at radius 2 is 1.93 bits per heavy atom. The van der Waals surface area contributed by atoms with Gasteiger partial charge in [-0.2, -0.15) is 0 Å². The molecule has 150 valence electrons. The van der Waals surface area contributed by atoms with Crippen LogP contribution >= 0.6 is 0 Å². The van der Waals surface area contributed by atoms with Crippen LogP contribution in [0.4, 0.5) is 10.1 Å². The fraction of sp³-hybridized carbons (Fsp3) is 0.400. The van der Waals surface area contributed by atoms with E-state index in [0.29, 0.717) is 38.4 Å². The van der Waals surface area contributed by atoms with Gasteiger partial charge < -0.3 is 24.4 Å². The number of halogens is 1. The van der Waals surface area contributed by atoms with Gasteiger partial charge in [0.25, 0.3) is 11.8 Å². The zero-order valence-electron chi connectivity index (χ0n) is 16.0. The first-order valence-electron chi connectivity index (χ1n) is 9.50. The lowest BCUT2D eigenvalue weighted by molar-refractivity contribution is -0.896. The highest BCUT2D eigenvalue weighted by atomic mass is 19.1. The molecule has 0 saturated carbocycles. The van der Waals surface area contributed by atoms with E-state index < -0.39 is 0 Å². The van der Waals surface area contributed by atoms with Crippen LogP contribution in [0.1, 0.15) is 5.76 Å². The molecule has 8 heteroatoms. The van der Waals surface area contributed by atoms with Gasteiger partial charge in [-0.1, -0.05) is 0 Å². The summed E-state index contributed by atoms with van der Waals surface area (Å²) < 4.78 is 18.2. The summed E-state index contributed by atoms with van der Waals surface area (Å²) in [4.78, 5) is 28.7. The van der Waals surface area contributed by atoms with Gasteiger partial charge >= 0.3 is 0 Å². The zero-order chi connectivity index (χ0) is 19.9. The van der Waals surface area contributed by atoms with Crippen molar-refractivity contribution in [1.29, 1.82) is 0 Å². The number of furan rings is 1. The number of quaternary nitrogens is 2. The summed E-state index contributed by atoms with van der Waals surface area (Å²) in [5.41, 5.74) is 0.585. The third kappa shape index (κ3) is 5.90. The number of rotatable bonds is 7. The molecule has 1 atom stereocenters. The van der Waals surface area contributed by atoms with Gasteiger partial charge in [-0.15, -0.1) is 0 Å². The second-order valence-electron chi connectivity index (χ2n) is 7.25. The molecule has 0 spiro atoms. The lowest BCUT2D eigenvalue weighted by Crippen LogP contribution is -3.16. The van der Waals surface area contributed by atoms with E-state index in [2.05, 4.69) is 5.32 Å². The number of nitrogens with one attached hydrogen (secondary N) is 3. The minimum Gasteiger partial charge on any atom is -0.463 e. The van der Waals surface area contributed by atoms with Crippen molar-refractivity contribution in [2.24, 2.45) is 0 Å². The van der Waals surface area contributed by atoms with Crippen molar-refractivity contribution in [2.45, 2.75) is 6.54 Å². The van der Waals surface area contributed by atoms with Crippen molar-refractivity contribution < 1.29 is 28.2 Å². The molecule has 1 saturated heterocycles. The standard InChI is InChI=1S/C20H25FN4O3/c1-23(13-18-3-2-12-28-18)15-20(27)25-10-8-24(9-11-25)14-19(26)22-17-6-4-16(21)5-7-17/h2-7,12H,8-11,13-15H2,1H3,(H,22,26)/p+2. The van der Waals surface area contributed by atoms with Crippen molar-refractivity contribution in [1.82, 2.24) is 4.90 Å².